The Morgan fingerprint density at radius 1 is 1.06 bits per heavy atom. The summed E-state index contributed by atoms with van der Waals surface area (Å²) in [7, 11) is 0. The van der Waals surface area contributed by atoms with Crippen molar-refractivity contribution >= 4 is 11.8 Å². The third-order valence-corrected chi connectivity index (χ3v) is 5.40. The van der Waals surface area contributed by atoms with Crippen LogP contribution in [0, 0.1) is 0 Å². The van der Waals surface area contributed by atoms with Crippen LogP contribution in [0.5, 0.6) is 0 Å². The predicted octanol–water partition coefficient (Wildman–Crippen LogP) is 0.0102. The Morgan fingerprint density at radius 3 is 2.55 bits per heavy atom. The number of aromatic nitrogens is 4. The SMILES string of the molecule is C[C@@H](NC(=O)[C@H](O)[C@@H](O)C(=O)N1CCn2ccnc2C1)c1ccc(-n2cccn2)cc1. The molecule has 10 nitrogen and oxygen atoms in total. The minimum atomic E-state index is -1.88. The van der Waals surface area contributed by atoms with Crippen LogP contribution in [-0.4, -0.2) is 65.0 Å². The number of aliphatic hydroxyl groups is 2. The van der Waals surface area contributed by atoms with Crippen LogP contribution in [-0.2, 0) is 22.7 Å². The molecule has 3 N–H and O–H groups in total. The summed E-state index contributed by atoms with van der Waals surface area (Å²) in [6.07, 6.45) is 3.24. The second-order valence-electron chi connectivity index (χ2n) is 7.46. The van der Waals surface area contributed by atoms with Gasteiger partial charge in [-0.05, 0) is 30.7 Å². The van der Waals surface area contributed by atoms with Gasteiger partial charge in [0.05, 0.1) is 18.3 Å². The molecule has 2 aromatic heterocycles. The summed E-state index contributed by atoms with van der Waals surface area (Å²) in [5, 5.41) is 27.4. The summed E-state index contributed by atoms with van der Waals surface area (Å²) in [6, 6.07) is 8.79. The van der Waals surface area contributed by atoms with Crippen LogP contribution in [0.25, 0.3) is 5.69 Å². The quantitative estimate of drug-likeness (QED) is 0.512. The molecule has 0 radical (unpaired) electrons. The van der Waals surface area contributed by atoms with E-state index in [9.17, 15) is 19.8 Å². The summed E-state index contributed by atoms with van der Waals surface area (Å²) in [4.78, 5) is 30.6. The molecule has 0 saturated carbocycles. The Kier molecular flexibility index (Phi) is 5.83. The molecule has 3 heterocycles. The summed E-state index contributed by atoms with van der Waals surface area (Å²) in [5.74, 6) is -0.825. The Morgan fingerprint density at radius 2 is 1.84 bits per heavy atom. The molecule has 1 aliphatic heterocycles. The molecule has 1 aromatic carbocycles. The lowest BCUT2D eigenvalue weighted by atomic mass is 10.1. The molecule has 2 amide bonds. The highest BCUT2D eigenvalue weighted by Crippen LogP contribution is 2.17. The molecule has 4 rings (SSSR count). The van der Waals surface area contributed by atoms with E-state index < -0.39 is 30.1 Å². The van der Waals surface area contributed by atoms with E-state index in [4.69, 9.17) is 0 Å². The number of benzene rings is 1. The zero-order valence-corrected chi connectivity index (χ0v) is 17.0. The standard InChI is InChI=1S/C21H24N6O4/c1-14(15-3-5-16(6-4-15)27-9-2-7-23-27)24-20(30)18(28)19(29)21(31)26-12-11-25-10-8-22-17(25)13-26/h2-10,14,18-19,28-29H,11-13H2,1H3,(H,24,30)/t14-,18-,19-/m1/s1. The maximum Gasteiger partial charge on any atom is 0.255 e. The lowest BCUT2D eigenvalue weighted by Gasteiger charge is -2.30. The maximum atomic E-state index is 12.6. The number of imidazole rings is 1. The van der Waals surface area contributed by atoms with Crippen LogP contribution in [0.2, 0.25) is 0 Å². The van der Waals surface area contributed by atoms with Crippen LogP contribution in [0.4, 0.5) is 0 Å². The average Bonchev–Trinajstić information content (AvgIpc) is 3.49. The maximum absolute atomic E-state index is 12.6. The molecule has 0 bridgehead atoms. The Bertz CT molecular complexity index is 1050. The Balaban J connectivity index is 1.34. The minimum absolute atomic E-state index is 0.218. The summed E-state index contributed by atoms with van der Waals surface area (Å²) >= 11 is 0. The van der Waals surface area contributed by atoms with Gasteiger partial charge in [0.2, 0.25) is 0 Å². The number of carbonyl (C=O) groups excluding carboxylic acids is 2. The highest BCUT2D eigenvalue weighted by molar-refractivity contribution is 5.90. The molecule has 10 heteroatoms. The predicted molar refractivity (Wildman–Crippen MR) is 110 cm³/mol. The molecular formula is C21H24N6O4. The lowest BCUT2D eigenvalue weighted by Crippen LogP contribution is -2.52. The smallest absolute Gasteiger partial charge is 0.255 e. The summed E-state index contributed by atoms with van der Waals surface area (Å²) < 4.78 is 3.63. The second kappa shape index (κ2) is 8.70. The highest BCUT2D eigenvalue weighted by Gasteiger charge is 2.35. The molecule has 162 valence electrons. The molecule has 0 unspecified atom stereocenters. The number of rotatable bonds is 6. The van der Waals surface area contributed by atoms with Gasteiger partial charge in [-0.25, -0.2) is 9.67 Å². The van der Waals surface area contributed by atoms with Crippen molar-refractivity contribution in [3.8, 4) is 5.69 Å². The van der Waals surface area contributed by atoms with Crippen LogP contribution in [0.15, 0.2) is 55.1 Å². The van der Waals surface area contributed by atoms with E-state index in [1.54, 1.807) is 24.0 Å². The fourth-order valence-corrected chi connectivity index (χ4v) is 3.55. The van der Waals surface area contributed by atoms with Crippen molar-refractivity contribution in [3.05, 3.63) is 66.5 Å². The van der Waals surface area contributed by atoms with Gasteiger partial charge in [0.15, 0.2) is 12.2 Å². The van der Waals surface area contributed by atoms with E-state index in [0.717, 1.165) is 11.3 Å². The van der Waals surface area contributed by atoms with Gasteiger partial charge in [-0.2, -0.15) is 5.10 Å². The molecule has 0 aliphatic carbocycles. The largest absolute Gasteiger partial charge is 0.380 e. The molecule has 31 heavy (non-hydrogen) atoms. The van der Waals surface area contributed by atoms with Gasteiger partial charge < -0.3 is 25.0 Å². The normalized spacial score (nSPS) is 16.3. The first kappa shape index (κ1) is 20.8. The van der Waals surface area contributed by atoms with E-state index in [0.29, 0.717) is 18.9 Å². The zero-order valence-electron chi connectivity index (χ0n) is 17.0. The second-order valence-corrected chi connectivity index (χ2v) is 7.46. The number of carbonyl (C=O) groups is 2. The van der Waals surface area contributed by atoms with E-state index in [1.165, 1.54) is 4.90 Å². The van der Waals surface area contributed by atoms with E-state index in [-0.39, 0.29) is 6.54 Å². The van der Waals surface area contributed by atoms with Crippen molar-refractivity contribution in [2.45, 2.75) is 38.3 Å². The van der Waals surface area contributed by atoms with Crippen molar-refractivity contribution in [1.82, 2.24) is 29.5 Å². The number of fused-ring (bicyclic) bond motifs is 1. The molecular weight excluding hydrogens is 400 g/mol. The number of amides is 2. The van der Waals surface area contributed by atoms with Crippen molar-refractivity contribution in [2.24, 2.45) is 0 Å². The molecule has 1 aliphatic rings. The molecule has 0 spiro atoms. The number of hydrogen-bond donors (Lipinski definition) is 3. The van der Waals surface area contributed by atoms with Gasteiger partial charge in [-0.15, -0.1) is 0 Å². The van der Waals surface area contributed by atoms with Gasteiger partial charge >= 0.3 is 0 Å². The highest BCUT2D eigenvalue weighted by atomic mass is 16.3. The average molecular weight is 424 g/mol. The van der Waals surface area contributed by atoms with Crippen molar-refractivity contribution in [1.29, 1.82) is 0 Å². The van der Waals surface area contributed by atoms with E-state index in [1.807, 2.05) is 47.3 Å². The summed E-state index contributed by atoms with van der Waals surface area (Å²) in [5.41, 5.74) is 1.68. The van der Waals surface area contributed by atoms with E-state index >= 15 is 0 Å². The monoisotopic (exact) mass is 424 g/mol. The minimum Gasteiger partial charge on any atom is -0.380 e. The number of hydrogen-bond acceptors (Lipinski definition) is 6. The van der Waals surface area contributed by atoms with Gasteiger partial charge in [0.1, 0.15) is 5.82 Å². The summed E-state index contributed by atoms with van der Waals surface area (Å²) in [6.45, 7) is 2.89. The fourth-order valence-electron chi connectivity index (χ4n) is 3.55. The fraction of sp³-hybridized carbons (Fsp3) is 0.333. The molecule has 0 saturated heterocycles. The topological polar surface area (TPSA) is 126 Å². The Hall–Kier alpha value is -3.50. The van der Waals surface area contributed by atoms with E-state index in [2.05, 4.69) is 15.4 Å². The van der Waals surface area contributed by atoms with Crippen molar-refractivity contribution in [2.75, 3.05) is 6.54 Å². The zero-order chi connectivity index (χ0) is 22.0. The van der Waals surface area contributed by atoms with Crippen LogP contribution < -0.4 is 5.32 Å². The van der Waals surface area contributed by atoms with Gasteiger partial charge in [0, 0.05) is 37.9 Å². The third kappa shape index (κ3) is 4.35. The molecule has 3 atom stereocenters. The first-order valence-corrected chi connectivity index (χ1v) is 9.99. The van der Waals surface area contributed by atoms with Gasteiger partial charge in [-0.1, -0.05) is 12.1 Å². The first-order chi connectivity index (χ1) is 14.9. The van der Waals surface area contributed by atoms with Gasteiger partial charge in [-0.3, -0.25) is 9.59 Å². The number of aliphatic hydroxyl groups excluding tert-OH is 2. The third-order valence-electron chi connectivity index (χ3n) is 5.40. The van der Waals surface area contributed by atoms with Crippen LogP contribution in [0.1, 0.15) is 24.4 Å². The number of nitrogens with zero attached hydrogens (tertiary/aromatic N) is 5. The number of nitrogens with one attached hydrogen (secondary N) is 1. The van der Waals surface area contributed by atoms with Gasteiger partial charge in [0.25, 0.3) is 11.8 Å². The Labute approximate surface area is 178 Å². The van der Waals surface area contributed by atoms with Crippen LogP contribution >= 0.6 is 0 Å². The first-order valence-electron chi connectivity index (χ1n) is 9.99. The molecule has 0 fully saturated rings. The molecule has 3 aromatic rings. The van der Waals surface area contributed by atoms with Crippen molar-refractivity contribution < 1.29 is 19.8 Å². The van der Waals surface area contributed by atoms with Crippen molar-refractivity contribution in [3.63, 3.8) is 0 Å². The van der Waals surface area contributed by atoms with Crippen LogP contribution in [0.3, 0.4) is 0 Å². The lowest BCUT2D eigenvalue weighted by molar-refractivity contribution is -0.154.